The minimum atomic E-state index is -0.466. The number of alkyl halides is 1. The molecule has 0 aliphatic carbocycles. The summed E-state index contributed by atoms with van der Waals surface area (Å²) in [7, 11) is 0. The molecular formula is C16H14Br2F2. The van der Waals surface area contributed by atoms with Gasteiger partial charge in [-0.15, -0.1) is 0 Å². The molecule has 0 heterocycles. The predicted octanol–water partition coefficient (Wildman–Crippen LogP) is 5.52. The summed E-state index contributed by atoms with van der Waals surface area (Å²) in [5, 5.41) is 0.705. The van der Waals surface area contributed by atoms with Gasteiger partial charge in [0, 0.05) is 15.4 Å². The third kappa shape index (κ3) is 4.13. The molecule has 2 rings (SSSR count). The minimum Gasteiger partial charge on any atom is -0.207 e. The number of benzene rings is 2. The Labute approximate surface area is 134 Å². The summed E-state index contributed by atoms with van der Waals surface area (Å²) >= 11 is 6.83. The Morgan fingerprint density at radius 3 is 2.05 bits per heavy atom. The van der Waals surface area contributed by atoms with Crippen LogP contribution in [0.25, 0.3) is 0 Å². The molecule has 1 atom stereocenters. The van der Waals surface area contributed by atoms with Crippen LogP contribution in [0.5, 0.6) is 0 Å². The van der Waals surface area contributed by atoms with Crippen LogP contribution in [-0.4, -0.2) is 5.33 Å². The average Bonchev–Trinajstić information content (AvgIpc) is 2.44. The molecule has 0 saturated heterocycles. The van der Waals surface area contributed by atoms with Gasteiger partial charge in [-0.2, -0.15) is 0 Å². The maximum Gasteiger partial charge on any atom is 0.129 e. The molecule has 0 aliphatic rings. The van der Waals surface area contributed by atoms with E-state index in [2.05, 4.69) is 31.9 Å². The van der Waals surface area contributed by atoms with Gasteiger partial charge in [0.1, 0.15) is 11.6 Å². The van der Waals surface area contributed by atoms with Crippen LogP contribution in [0.2, 0.25) is 0 Å². The molecule has 0 bridgehead atoms. The van der Waals surface area contributed by atoms with Crippen molar-refractivity contribution in [2.45, 2.75) is 12.8 Å². The third-order valence-corrected chi connectivity index (χ3v) is 4.65. The first-order valence-corrected chi connectivity index (χ1v) is 8.25. The molecular weight excluding hydrogens is 390 g/mol. The van der Waals surface area contributed by atoms with E-state index in [1.165, 1.54) is 18.2 Å². The van der Waals surface area contributed by atoms with Gasteiger partial charge in [0.15, 0.2) is 0 Å². The van der Waals surface area contributed by atoms with Crippen LogP contribution in [-0.2, 0) is 12.8 Å². The van der Waals surface area contributed by atoms with Crippen molar-refractivity contribution >= 4 is 31.9 Å². The molecule has 106 valence electrons. The fourth-order valence-electron chi connectivity index (χ4n) is 2.15. The summed E-state index contributed by atoms with van der Waals surface area (Å²) in [6, 6.07) is 12.0. The van der Waals surface area contributed by atoms with Gasteiger partial charge in [-0.3, -0.25) is 0 Å². The zero-order valence-electron chi connectivity index (χ0n) is 10.8. The van der Waals surface area contributed by atoms with Crippen LogP contribution in [0.4, 0.5) is 8.78 Å². The van der Waals surface area contributed by atoms with Gasteiger partial charge in [-0.05, 0) is 48.6 Å². The molecule has 0 N–H and O–H groups in total. The number of halogens is 4. The van der Waals surface area contributed by atoms with Crippen molar-refractivity contribution in [3.8, 4) is 0 Å². The molecule has 4 heteroatoms. The normalized spacial score (nSPS) is 12.4. The van der Waals surface area contributed by atoms with E-state index in [9.17, 15) is 8.78 Å². The lowest BCUT2D eigenvalue weighted by Crippen LogP contribution is -2.12. The van der Waals surface area contributed by atoms with Gasteiger partial charge >= 0.3 is 0 Å². The molecule has 0 spiro atoms. The maximum atomic E-state index is 13.7. The van der Waals surface area contributed by atoms with E-state index in [1.54, 1.807) is 0 Å². The largest absolute Gasteiger partial charge is 0.207 e. The lowest BCUT2D eigenvalue weighted by atomic mass is 9.94. The summed E-state index contributed by atoms with van der Waals surface area (Å²) in [4.78, 5) is 0. The van der Waals surface area contributed by atoms with E-state index in [0.717, 1.165) is 16.5 Å². The van der Waals surface area contributed by atoms with Crippen molar-refractivity contribution in [2.24, 2.45) is 5.92 Å². The van der Waals surface area contributed by atoms with Crippen LogP contribution in [0.15, 0.2) is 46.9 Å². The van der Waals surface area contributed by atoms with Crippen LogP contribution >= 0.6 is 31.9 Å². The Morgan fingerprint density at radius 2 is 1.50 bits per heavy atom. The number of hydrogen-bond acceptors (Lipinski definition) is 0. The van der Waals surface area contributed by atoms with Crippen molar-refractivity contribution in [1.29, 1.82) is 0 Å². The lowest BCUT2D eigenvalue weighted by Gasteiger charge is -2.15. The highest BCUT2D eigenvalue weighted by Gasteiger charge is 2.15. The van der Waals surface area contributed by atoms with Crippen LogP contribution in [0, 0.1) is 17.6 Å². The smallest absolute Gasteiger partial charge is 0.129 e. The zero-order valence-corrected chi connectivity index (χ0v) is 13.9. The molecule has 0 nitrogen and oxygen atoms in total. The highest BCUT2D eigenvalue weighted by atomic mass is 79.9. The standard InChI is InChI=1S/C16H14Br2F2/c17-10-12(8-11-4-6-13(18)7-5-11)9-14-15(19)2-1-3-16(14)20/h1-7,12H,8-10H2. The highest BCUT2D eigenvalue weighted by Crippen LogP contribution is 2.22. The van der Waals surface area contributed by atoms with Crippen molar-refractivity contribution in [3.05, 3.63) is 69.7 Å². The Kier molecular flexibility index (Phi) is 5.73. The quantitative estimate of drug-likeness (QED) is 0.576. The first-order chi connectivity index (χ1) is 9.60. The molecule has 1 unspecified atom stereocenters. The number of rotatable bonds is 5. The van der Waals surface area contributed by atoms with Gasteiger partial charge in [0.05, 0.1) is 0 Å². The van der Waals surface area contributed by atoms with Gasteiger partial charge in [-0.1, -0.05) is 50.1 Å². The van der Waals surface area contributed by atoms with E-state index >= 15 is 0 Å². The topological polar surface area (TPSA) is 0 Å². The zero-order chi connectivity index (χ0) is 14.5. The second kappa shape index (κ2) is 7.32. The molecule has 0 amide bonds. The molecule has 0 fully saturated rings. The van der Waals surface area contributed by atoms with Crippen LogP contribution in [0.3, 0.4) is 0 Å². The second-order valence-corrected chi connectivity index (χ2v) is 6.32. The van der Waals surface area contributed by atoms with Gasteiger partial charge in [0.2, 0.25) is 0 Å². The van der Waals surface area contributed by atoms with Gasteiger partial charge in [-0.25, -0.2) is 8.78 Å². The summed E-state index contributed by atoms with van der Waals surface area (Å²) in [5.41, 5.74) is 1.34. The monoisotopic (exact) mass is 402 g/mol. The first kappa shape index (κ1) is 15.6. The summed E-state index contributed by atoms with van der Waals surface area (Å²) in [5.74, 6) is -0.777. The van der Waals surface area contributed by atoms with Crippen LogP contribution < -0.4 is 0 Å². The van der Waals surface area contributed by atoms with E-state index in [1.807, 2.05) is 24.3 Å². The maximum absolute atomic E-state index is 13.7. The molecule has 0 aromatic heterocycles. The van der Waals surface area contributed by atoms with Crippen molar-refractivity contribution in [2.75, 3.05) is 5.33 Å². The van der Waals surface area contributed by atoms with E-state index in [-0.39, 0.29) is 11.5 Å². The van der Waals surface area contributed by atoms with E-state index in [0.29, 0.717) is 11.8 Å². The Hall–Kier alpha value is -0.740. The minimum absolute atomic E-state index is 0.155. The van der Waals surface area contributed by atoms with Crippen molar-refractivity contribution in [3.63, 3.8) is 0 Å². The van der Waals surface area contributed by atoms with E-state index < -0.39 is 11.6 Å². The Balaban J connectivity index is 2.11. The Bertz CT molecular complexity index is 547. The predicted molar refractivity (Wildman–Crippen MR) is 85.2 cm³/mol. The first-order valence-electron chi connectivity index (χ1n) is 6.33. The number of hydrogen-bond donors (Lipinski definition) is 0. The molecule has 2 aromatic rings. The fraction of sp³-hybridized carbons (Fsp3) is 0.250. The molecule has 0 aliphatic heterocycles. The average molecular weight is 404 g/mol. The summed E-state index contributed by atoms with van der Waals surface area (Å²) in [6.07, 6.45) is 1.17. The molecule has 0 radical (unpaired) electrons. The van der Waals surface area contributed by atoms with Gasteiger partial charge in [0.25, 0.3) is 0 Å². The molecule has 20 heavy (non-hydrogen) atoms. The summed E-state index contributed by atoms with van der Waals surface area (Å²) in [6.45, 7) is 0. The molecule has 2 aromatic carbocycles. The highest BCUT2D eigenvalue weighted by molar-refractivity contribution is 9.10. The molecule has 0 saturated carbocycles. The Morgan fingerprint density at radius 1 is 0.900 bits per heavy atom. The lowest BCUT2D eigenvalue weighted by molar-refractivity contribution is 0.510. The van der Waals surface area contributed by atoms with Gasteiger partial charge < -0.3 is 0 Å². The van der Waals surface area contributed by atoms with Crippen molar-refractivity contribution < 1.29 is 8.78 Å². The summed E-state index contributed by atoms with van der Waals surface area (Å²) < 4.78 is 28.4. The second-order valence-electron chi connectivity index (χ2n) is 4.76. The van der Waals surface area contributed by atoms with Crippen molar-refractivity contribution in [1.82, 2.24) is 0 Å². The third-order valence-electron chi connectivity index (χ3n) is 3.21. The fourth-order valence-corrected chi connectivity index (χ4v) is 2.87. The van der Waals surface area contributed by atoms with Crippen LogP contribution in [0.1, 0.15) is 11.1 Å². The SMILES string of the molecule is Fc1cccc(F)c1CC(CBr)Cc1ccc(Br)cc1. The van der Waals surface area contributed by atoms with E-state index in [4.69, 9.17) is 0 Å².